The fourth-order valence-electron chi connectivity index (χ4n) is 0.929. The summed E-state index contributed by atoms with van der Waals surface area (Å²) in [6, 6.07) is 0. The number of aliphatic hydroxyl groups is 2. The first kappa shape index (κ1) is 13.3. The van der Waals surface area contributed by atoms with E-state index in [1.165, 1.54) is 0 Å². The van der Waals surface area contributed by atoms with Crippen LogP contribution in [0.3, 0.4) is 0 Å². The average molecular weight is 290 g/mol. The molecule has 4 nitrogen and oxygen atoms in total. The van der Waals surface area contributed by atoms with E-state index in [1.54, 1.807) is 0 Å². The number of aromatic nitrogens is 2. The van der Waals surface area contributed by atoms with Gasteiger partial charge in [-0.05, 0) is 11.6 Å². The first-order valence-electron chi connectivity index (χ1n) is 3.82. The van der Waals surface area contributed by atoms with Crippen LogP contribution >= 0.6 is 47.4 Å². The van der Waals surface area contributed by atoms with Crippen molar-refractivity contribution in [2.45, 2.75) is 12.2 Å². The normalized spacial score (nSPS) is 15.1. The minimum Gasteiger partial charge on any atom is -0.389 e. The third-order valence-electron chi connectivity index (χ3n) is 1.67. The van der Waals surface area contributed by atoms with Crippen LogP contribution in [0.15, 0.2) is 0 Å². The molecule has 2 N–H and O–H groups in total. The van der Waals surface area contributed by atoms with Crippen molar-refractivity contribution in [3.8, 4) is 0 Å². The Bertz CT molecular complexity index is 343. The first-order chi connectivity index (χ1) is 6.97. The monoisotopic (exact) mass is 288 g/mol. The third kappa shape index (κ3) is 3.09. The molecular formula is C7H7Cl3N2O2S. The summed E-state index contributed by atoms with van der Waals surface area (Å²) in [6.07, 6.45) is -2.40. The molecule has 1 rings (SSSR count). The average Bonchev–Trinajstić information content (AvgIpc) is 2.14. The number of hydrogen-bond donors (Lipinski definition) is 3. The van der Waals surface area contributed by atoms with Crippen LogP contribution in [-0.2, 0) is 0 Å². The van der Waals surface area contributed by atoms with Crippen LogP contribution in [0.1, 0.15) is 11.7 Å². The van der Waals surface area contributed by atoms with Gasteiger partial charge in [0.05, 0.1) is 11.7 Å². The van der Waals surface area contributed by atoms with E-state index in [0.29, 0.717) is 0 Å². The highest BCUT2D eigenvalue weighted by molar-refractivity contribution is 7.80. The summed E-state index contributed by atoms with van der Waals surface area (Å²) in [6.45, 7) is 0. The van der Waals surface area contributed by atoms with Crippen LogP contribution < -0.4 is 0 Å². The summed E-state index contributed by atoms with van der Waals surface area (Å²) in [4.78, 5) is 7.22. The Hall–Kier alpha value is 0.220. The summed E-state index contributed by atoms with van der Waals surface area (Å²) in [7, 11) is 0. The lowest BCUT2D eigenvalue weighted by Crippen LogP contribution is -2.21. The Labute approximate surface area is 107 Å². The Morgan fingerprint density at radius 2 is 1.60 bits per heavy atom. The Morgan fingerprint density at radius 3 is 2.00 bits per heavy atom. The fourth-order valence-corrected chi connectivity index (χ4v) is 2.00. The van der Waals surface area contributed by atoms with Gasteiger partial charge in [-0.25, -0.2) is 9.97 Å². The summed E-state index contributed by atoms with van der Waals surface area (Å²) in [5.74, 6) is 0.0520. The first-order valence-corrected chi connectivity index (χ1v) is 5.59. The SMILES string of the molecule is OC(CS)C(O)c1c(Cl)nc(Cl)nc1Cl. The molecule has 0 spiro atoms. The second-order valence-electron chi connectivity index (χ2n) is 2.68. The highest BCUT2D eigenvalue weighted by Crippen LogP contribution is 2.30. The molecule has 2 atom stereocenters. The molecule has 0 bridgehead atoms. The minimum atomic E-state index is -1.29. The molecule has 0 aliphatic heterocycles. The van der Waals surface area contributed by atoms with Crippen LogP contribution in [0.5, 0.6) is 0 Å². The quantitative estimate of drug-likeness (QED) is 0.451. The number of halogens is 3. The van der Waals surface area contributed by atoms with E-state index in [1.807, 2.05) is 0 Å². The highest BCUT2D eigenvalue weighted by atomic mass is 35.5. The predicted molar refractivity (Wildman–Crippen MR) is 61.9 cm³/mol. The van der Waals surface area contributed by atoms with Crippen LogP contribution in [-0.4, -0.2) is 32.0 Å². The zero-order valence-electron chi connectivity index (χ0n) is 7.23. The number of hydrogen-bond acceptors (Lipinski definition) is 5. The molecule has 0 saturated heterocycles. The molecule has 0 amide bonds. The molecule has 8 heteroatoms. The lowest BCUT2D eigenvalue weighted by Gasteiger charge is -2.17. The Morgan fingerprint density at radius 1 is 1.13 bits per heavy atom. The van der Waals surface area contributed by atoms with Gasteiger partial charge in [-0.3, -0.25) is 0 Å². The summed E-state index contributed by atoms with van der Waals surface area (Å²) < 4.78 is 0. The van der Waals surface area contributed by atoms with E-state index in [9.17, 15) is 10.2 Å². The zero-order chi connectivity index (χ0) is 11.6. The molecule has 1 heterocycles. The number of aliphatic hydroxyl groups excluding tert-OH is 2. The lowest BCUT2D eigenvalue weighted by atomic mass is 10.1. The molecule has 84 valence electrons. The van der Waals surface area contributed by atoms with Crippen molar-refractivity contribution in [3.63, 3.8) is 0 Å². The zero-order valence-corrected chi connectivity index (χ0v) is 10.4. The topological polar surface area (TPSA) is 66.2 Å². The molecular weight excluding hydrogens is 283 g/mol. The molecule has 2 unspecified atom stereocenters. The van der Waals surface area contributed by atoms with Crippen LogP contribution in [0.4, 0.5) is 0 Å². The van der Waals surface area contributed by atoms with Gasteiger partial charge in [0.15, 0.2) is 0 Å². The minimum absolute atomic E-state index is 0.0456. The van der Waals surface area contributed by atoms with Gasteiger partial charge in [0.25, 0.3) is 0 Å². The number of rotatable bonds is 3. The van der Waals surface area contributed by atoms with Gasteiger partial charge in [-0.1, -0.05) is 23.2 Å². The summed E-state index contributed by atoms with van der Waals surface area (Å²) in [5.41, 5.74) is 0.0456. The van der Waals surface area contributed by atoms with Crippen molar-refractivity contribution in [2.75, 3.05) is 5.75 Å². The van der Waals surface area contributed by atoms with Crippen LogP contribution in [0, 0.1) is 0 Å². The maximum atomic E-state index is 9.65. The second kappa shape index (κ2) is 5.52. The van der Waals surface area contributed by atoms with E-state index < -0.39 is 12.2 Å². The predicted octanol–water partition coefficient (Wildman–Crippen LogP) is 1.76. The standard InChI is InChI=1S/C7H7Cl3N2O2S/c8-5-3(4(14)2(13)1-15)6(9)12-7(10)11-5/h2,4,13-15H,1H2. The van der Waals surface area contributed by atoms with Gasteiger partial charge in [0.2, 0.25) is 5.28 Å². The smallest absolute Gasteiger partial charge is 0.225 e. The molecule has 0 fully saturated rings. The van der Waals surface area contributed by atoms with Gasteiger partial charge in [-0.2, -0.15) is 12.6 Å². The van der Waals surface area contributed by atoms with Gasteiger partial charge >= 0.3 is 0 Å². The van der Waals surface area contributed by atoms with Crippen molar-refractivity contribution in [1.82, 2.24) is 9.97 Å². The van der Waals surface area contributed by atoms with Crippen molar-refractivity contribution >= 4 is 47.4 Å². The molecule has 0 saturated carbocycles. The van der Waals surface area contributed by atoms with Gasteiger partial charge in [-0.15, -0.1) is 0 Å². The largest absolute Gasteiger partial charge is 0.389 e. The molecule has 0 radical (unpaired) electrons. The molecule has 15 heavy (non-hydrogen) atoms. The van der Waals surface area contributed by atoms with Crippen molar-refractivity contribution in [1.29, 1.82) is 0 Å². The van der Waals surface area contributed by atoms with Crippen LogP contribution in [0.25, 0.3) is 0 Å². The lowest BCUT2D eigenvalue weighted by molar-refractivity contribution is 0.0334. The van der Waals surface area contributed by atoms with E-state index in [-0.39, 0.29) is 26.9 Å². The Balaban J connectivity index is 3.13. The molecule has 0 aromatic carbocycles. The van der Waals surface area contributed by atoms with E-state index >= 15 is 0 Å². The number of thiol groups is 1. The maximum absolute atomic E-state index is 9.65. The molecule has 1 aromatic rings. The maximum Gasteiger partial charge on any atom is 0.225 e. The third-order valence-corrected chi connectivity index (χ3v) is 2.79. The van der Waals surface area contributed by atoms with Gasteiger partial charge < -0.3 is 10.2 Å². The number of nitrogens with zero attached hydrogens (tertiary/aromatic N) is 2. The van der Waals surface area contributed by atoms with Crippen molar-refractivity contribution in [2.24, 2.45) is 0 Å². The van der Waals surface area contributed by atoms with E-state index in [4.69, 9.17) is 34.8 Å². The molecule has 0 aliphatic rings. The van der Waals surface area contributed by atoms with Gasteiger partial charge in [0.1, 0.15) is 16.4 Å². The van der Waals surface area contributed by atoms with Gasteiger partial charge in [0, 0.05) is 5.75 Å². The van der Waals surface area contributed by atoms with Crippen molar-refractivity contribution in [3.05, 3.63) is 21.2 Å². The Kier molecular flexibility index (Phi) is 4.89. The fraction of sp³-hybridized carbons (Fsp3) is 0.429. The van der Waals surface area contributed by atoms with E-state index in [0.717, 1.165) is 0 Å². The summed E-state index contributed by atoms with van der Waals surface area (Å²) in [5, 5.41) is 18.7. The summed E-state index contributed by atoms with van der Waals surface area (Å²) >= 11 is 20.8. The van der Waals surface area contributed by atoms with Crippen molar-refractivity contribution < 1.29 is 10.2 Å². The highest BCUT2D eigenvalue weighted by Gasteiger charge is 2.24. The molecule has 0 aliphatic carbocycles. The molecule has 1 aromatic heterocycles. The van der Waals surface area contributed by atoms with E-state index in [2.05, 4.69) is 22.6 Å². The van der Waals surface area contributed by atoms with Crippen LogP contribution in [0.2, 0.25) is 15.6 Å². The second-order valence-corrected chi connectivity index (χ2v) is 4.10.